The average Bonchev–Trinajstić information content (AvgIpc) is 2.54. The summed E-state index contributed by atoms with van der Waals surface area (Å²) < 4.78 is 0. The maximum absolute atomic E-state index is 11.5. The molecule has 1 N–H and O–H groups in total. The van der Waals surface area contributed by atoms with E-state index in [1.807, 2.05) is 6.92 Å². The first-order valence-corrected chi connectivity index (χ1v) is 8.13. The summed E-state index contributed by atoms with van der Waals surface area (Å²) in [5.41, 5.74) is 2.90. The van der Waals surface area contributed by atoms with Crippen molar-refractivity contribution in [1.29, 1.82) is 0 Å². The highest BCUT2D eigenvalue weighted by Gasteiger charge is 2.23. The van der Waals surface area contributed by atoms with Crippen molar-refractivity contribution in [1.82, 2.24) is 20.3 Å². The van der Waals surface area contributed by atoms with Crippen molar-refractivity contribution in [3.8, 4) is 0 Å². The van der Waals surface area contributed by atoms with Gasteiger partial charge in [-0.15, -0.1) is 0 Å². The molecule has 0 atom stereocenters. The molecule has 122 valence electrons. The molecular weight excluding hydrogens is 290 g/mol. The van der Waals surface area contributed by atoms with E-state index in [0.717, 1.165) is 54.0 Å². The molecule has 3 heterocycles. The van der Waals surface area contributed by atoms with Gasteiger partial charge in [-0.05, 0) is 44.2 Å². The number of hydrogen-bond donors (Lipinski definition) is 1. The summed E-state index contributed by atoms with van der Waals surface area (Å²) in [6.45, 7) is 5.91. The predicted octanol–water partition coefficient (Wildman–Crippen LogP) is 1.99. The van der Waals surface area contributed by atoms with Gasteiger partial charge in [0, 0.05) is 32.3 Å². The van der Waals surface area contributed by atoms with Gasteiger partial charge in [-0.3, -0.25) is 4.79 Å². The van der Waals surface area contributed by atoms with Crippen molar-refractivity contribution in [2.45, 2.75) is 33.1 Å². The number of aromatic nitrogens is 3. The van der Waals surface area contributed by atoms with E-state index in [2.05, 4.69) is 38.2 Å². The van der Waals surface area contributed by atoms with E-state index in [0.29, 0.717) is 12.3 Å². The number of anilines is 1. The van der Waals surface area contributed by atoms with Crippen LogP contribution in [0.3, 0.4) is 0 Å². The summed E-state index contributed by atoms with van der Waals surface area (Å²) in [4.78, 5) is 27.2. The molecule has 2 aromatic heterocycles. The van der Waals surface area contributed by atoms with E-state index in [1.54, 1.807) is 13.4 Å². The zero-order valence-corrected chi connectivity index (χ0v) is 14.0. The highest BCUT2D eigenvalue weighted by atomic mass is 16.1. The Morgan fingerprint density at radius 1 is 1.30 bits per heavy atom. The molecule has 2 aromatic rings. The molecule has 23 heavy (non-hydrogen) atoms. The summed E-state index contributed by atoms with van der Waals surface area (Å²) in [7, 11) is 1.70. The molecule has 3 rings (SSSR count). The zero-order chi connectivity index (χ0) is 16.4. The molecule has 0 radical (unpaired) electrons. The van der Waals surface area contributed by atoms with Crippen LogP contribution >= 0.6 is 0 Å². The lowest BCUT2D eigenvalue weighted by Crippen LogP contribution is -2.36. The maximum atomic E-state index is 11.5. The number of hydrogen-bond acceptors (Lipinski definition) is 5. The summed E-state index contributed by atoms with van der Waals surface area (Å²) in [5, 5.41) is 3.75. The van der Waals surface area contributed by atoms with Gasteiger partial charge in [-0.25, -0.2) is 15.0 Å². The minimum Gasteiger partial charge on any atom is -0.359 e. The molecule has 6 nitrogen and oxygen atoms in total. The Labute approximate surface area is 136 Å². The van der Waals surface area contributed by atoms with Crippen LogP contribution < -0.4 is 10.2 Å². The Morgan fingerprint density at radius 2 is 2.04 bits per heavy atom. The van der Waals surface area contributed by atoms with Gasteiger partial charge in [0.25, 0.3) is 0 Å². The highest BCUT2D eigenvalue weighted by Crippen LogP contribution is 2.30. The van der Waals surface area contributed by atoms with Crippen molar-refractivity contribution < 1.29 is 4.79 Å². The van der Waals surface area contributed by atoms with E-state index >= 15 is 0 Å². The van der Waals surface area contributed by atoms with Gasteiger partial charge in [0.15, 0.2) is 5.65 Å². The standard InChI is InChI=1S/C17H23N5O/c1-11-8-12(2)21-16-15(11)17(20-10-19-16)22-6-4-13(5-7-22)9-14(23)18-3/h8,10,13H,4-7,9H2,1-3H3,(H,18,23). The molecule has 0 aliphatic carbocycles. The largest absolute Gasteiger partial charge is 0.359 e. The Morgan fingerprint density at radius 3 is 2.74 bits per heavy atom. The number of fused-ring (bicyclic) bond motifs is 1. The van der Waals surface area contributed by atoms with Gasteiger partial charge >= 0.3 is 0 Å². The first-order valence-electron chi connectivity index (χ1n) is 8.13. The van der Waals surface area contributed by atoms with Crippen LogP contribution in [0.15, 0.2) is 12.4 Å². The second-order valence-electron chi connectivity index (χ2n) is 6.28. The Hall–Kier alpha value is -2.24. The van der Waals surface area contributed by atoms with Crippen LogP contribution in [-0.4, -0.2) is 41.0 Å². The van der Waals surface area contributed by atoms with Crippen molar-refractivity contribution in [2.24, 2.45) is 5.92 Å². The molecule has 1 saturated heterocycles. The predicted molar refractivity (Wildman–Crippen MR) is 90.4 cm³/mol. The Bertz CT molecular complexity index is 722. The third-order valence-corrected chi connectivity index (χ3v) is 4.58. The normalized spacial score (nSPS) is 15.9. The second-order valence-corrected chi connectivity index (χ2v) is 6.28. The molecule has 0 spiro atoms. The maximum Gasteiger partial charge on any atom is 0.220 e. The fourth-order valence-corrected chi connectivity index (χ4v) is 3.34. The van der Waals surface area contributed by atoms with E-state index in [9.17, 15) is 4.79 Å². The van der Waals surface area contributed by atoms with Crippen LogP contribution in [-0.2, 0) is 4.79 Å². The van der Waals surface area contributed by atoms with E-state index < -0.39 is 0 Å². The third-order valence-electron chi connectivity index (χ3n) is 4.58. The number of nitrogens with one attached hydrogen (secondary N) is 1. The van der Waals surface area contributed by atoms with E-state index in [1.165, 1.54) is 0 Å². The third kappa shape index (κ3) is 3.25. The van der Waals surface area contributed by atoms with Crippen LogP contribution in [0.2, 0.25) is 0 Å². The fraction of sp³-hybridized carbons (Fsp3) is 0.529. The first kappa shape index (κ1) is 15.6. The number of piperidine rings is 1. The van der Waals surface area contributed by atoms with Gasteiger partial charge in [0.05, 0.1) is 5.39 Å². The fourth-order valence-electron chi connectivity index (χ4n) is 3.34. The number of nitrogens with zero attached hydrogens (tertiary/aromatic N) is 4. The molecule has 6 heteroatoms. The molecule has 1 fully saturated rings. The van der Waals surface area contributed by atoms with Crippen molar-refractivity contribution >= 4 is 22.8 Å². The second kappa shape index (κ2) is 6.48. The Balaban J connectivity index is 1.81. The molecule has 0 saturated carbocycles. The minimum atomic E-state index is 0.131. The number of pyridine rings is 1. The highest BCUT2D eigenvalue weighted by molar-refractivity contribution is 5.90. The zero-order valence-electron chi connectivity index (χ0n) is 14.0. The summed E-state index contributed by atoms with van der Waals surface area (Å²) in [6.07, 6.45) is 4.24. The molecule has 1 aliphatic rings. The van der Waals surface area contributed by atoms with Gasteiger partial charge in [0.1, 0.15) is 12.1 Å². The van der Waals surface area contributed by atoms with Crippen LogP contribution in [0.1, 0.15) is 30.5 Å². The topological polar surface area (TPSA) is 71.0 Å². The van der Waals surface area contributed by atoms with Crippen LogP contribution in [0.5, 0.6) is 0 Å². The molecule has 1 amide bonds. The van der Waals surface area contributed by atoms with Crippen LogP contribution in [0.4, 0.5) is 5.82 Å². The van der Waals surface area contributed by atoms with Gasteiger partial charge in [-0.1, -0.05) is 0 Å². The lowest BCUT2D eigenvalue weighted by Gasteiger charge is -2.33. The lowest BCUT2D eigenvalue weighted by atomic mass is 9.93. The van der Waals surface area contributed by atoms with Crippen LogP contribution in [0.25, 0.3) is 11.0 Å². The molecule has 0 aromatic carbocycles. The van der Waals surface area contributed by atoms with Gasteiger partial charge in [0.2, 0.25) is 5.91 Å². The first-order chi connectivity index (χ1) is 11.1. The number of carbonyl (C=O) groups is 1. The van der Waals surface area contributed by atoms with Gasteiger partial charge in [-0.2, -0.15) is 0 Å². The summed E-state index contributed by atoms with van der Waals surface area (Å²) in [6, 6.07) is 2.08. The number of carbonyl (C=O) groups excluding carboxylic acids is 1. The molecule has 0 unspecified atom stereocenters. The minimum absolute atomic E-state index is 0.131. The van der Waals surface area contributed by atoms with E-state index in [4.69, 9.17) is 0 Å². The average molecular weight is 313 g/mol. The number of aryl methyl sites for hydroxylation is 2. The van der Waals surface area contributed by atoms with Crippen LogP contribution in [0, 0.1) is 19.8 Å². The molecular formula is C17H23N5O. The monoisotopic (exact) mass is 313 g/mol. The van der Waals surface area contributed by atoms with Gasteiger partial charge < -0.3 is 10.2 Å². The summed E-state index contributed by atoms with van der Waals surface area (Å²) >= 11 is 0. The Kier molecular flexibility index (Phi) is 4.41. The van der Waals surface area contributed by atoms with Crippen molar-refractivity contribution in [3.05, 3.63) is 23.7 Å². The van der Waals surface area contributed by atoms with Crippen molar-refractivity contribution in [3.63, 3.8) is 0 Å². The number of rotatable bonds is 3. The molecule has 1 aliphatic heterocycles. The lowest BCUT2D eigenvalue weighted by molar-refractivity contribution is -0.121. The quantitative estimate of drug-likeness (QED) is 0.938. The summed E-state index contributed by atoms with van der Waals surface area (Å²) in [5.74, 6) is 1.56. The van der Waals surface area contributed by atoms with E-state index in [-0.39, 0.29) is 5.91 Å². The molecule has 0 bridgehead atoms. The number of amides is 1. The SMILES string of the molecule is CNC(=O)CC1CCN(c2ncnc3nc(C)cc(C)c23)CC1. The smallest absolute Gasteiger partial charge is 0.220 e. The van der Waals surface area contributed by atoms with Crippen molar-refractivity contribution in [2.75, 3.05) is 25.0 Å².